The Labute approximate surface area is 109 Å². The summed E-state index contributed by atoms with van der Waals surface area (Å²) >= 11 is 0. The third-order valence-corrected chi connectivity index (χ3v) is 3.62. The fourth-order valence-corrected chi connectivity index (χ4v) is 2.53. The third-order valence-electron chi connectivity index (χ3n) is 3.62. The van der Waals surface area contributed by atoms with Gasteiger partial charge in [-0.15, -0.1) is 0 Å². The molecule has 1 aromatic heterocycles. The van der Waals surface area contributed by atoms with Gasteiger partial charge in [-0.25, -0.2) is 4.98 Å². The van der Waals surface area contributed by atoms with Crippen LogP contribution in [0.4, 0.5) is 5.82 Å². The molecule has 0 aliphatic carbocycles. The number of pyridine rings is 1. The lowest BCUT2D eigenvalue weighted by atomic mass is 10.2. The van der Waals surface area contributed by atoms with Gasteiger partial charge in [0.05, 0.1) is 11.6 Å². The van der Waals surface area contributed by atoms with Gasteiger partial charge in [-0.1, -0.05) is 0 Å². The molecule has 0 radical (unpaired) electrons. The minimum absolute atomic E-state index is 0.600. The summed E-state index contributed by atoms with van der Waals surface area (Å²) in [6, 6.07) is 6.47. The van der Waals surface area contributed by atoms with Crippen molar-refractivity contribution in [1.29, 1.82) is 5.26 Å². The lowest BCUT2D eigenvalue weighted by Gasteiger charge is -2.26. The molecule has 4 heteroatoms. The molecule has 2 rings (SSSR count). The molecule has 0 N–H and O–H groups in total. The lowest BCUT2D eigenvalue weighted by Crippen LogP contribution is -2.37. The molecule has 0 bridgehead atoms. The zero-order chi connectivity index (χ0) is 13.1. The number of nitrogens with zero attached hydrogens (tertiary/aromatic N) is 4. The van der Waals surface area contributed by atoms with E-state index in [0.717, 1.165) is 18.1 Å². The van der Waals surface area contributed by atoms with Crippen LogP contribution in [0, 0.1) is 18.3 Å². The van der Waals surface area contributed by atoms with Gasteiger partial charge < -0.3 is 9.80 Å². The predicted octanol–water partition coefficient (Wildman–Crippen LogP) is 1.79. The Morgan fingerprint density at radius 1 is 1.56 bits per heavy atom. The first kappa shape index (κ1) is 12.8. The van der Waals surface area contributed by atoms with E-state index in [9.17, 15) is 0 Å². The Morgan fingerprint density at radius 3 is 2.94 bits per heavy atom. The fourth-order valence-electron chi connectivity index (χ4n) is 2.53. The molecule has 96 valence electrons. The van der Waals surface area contributed by atoms with Crippen LogP contribution in [0.15, 0.2) is 12.1 Å². The maximum absolute atomic E-state index is 8.99. The van der Waals surface area contributed by atoms with Gasteiger partial charge in [0.15, 0.2) is 0 Å². The number of hydrogen-bond acceptors (Lipinski definition) is 4. The van der Waals surface area contributed by atoms with Gasteiger partial charge >= 0.3 is 0 Å². The van der Waals surface area contributed by atoms with Crippen molar-refractivity contribution >= 4 is 5.82 Å². The molecular formula is C14H20N4. The summed E-state index contributed by atoms with van der Waals surface area (Å²) in [6.07, 6.45) is 2.53. The molecule has 1 saturated heterocycles. The van der Waals surface area contributed by atoms with Crippen molar-refractivity contribution < 1.29 is 0 Å². The number of aromatic nitrogens is 1. The molecule has 0 aromatic carbocycles. The molecule has 0 spiro atoms. The number of likely N-dealkylation sites (N-methyl/N-ethyl adjacent to an activating group) is 2. The van der Waals surface area contributed by atoms with E-state index in [1.165, 1.54) is 19.4 Å². The first-order chi connectivity index (χ1) is 8.60. The quantitative estimate of drug-likeness (QED) is 0.813. The third kappa shape index (κ3) is 2.80. The highest BCUT2D eigenvalue weighted by atomic mass is 15.2. The first-order valence-corrected chi connectivity index (χ1v) is 6.40. The molecule has 1 atom stereocenters. The fraction of sp³-hybridized carbons (Fsp3) is 0.571. The average molecular weight is 244 g/mol. The van der Waals surface area contributed by atoms with Crippen LogP contribution < -0.4 is 4.90 Å². The molecule has 1 unspecified atom stereocenters. The number of hydrogen-bond donors (Lipinski definition) is 0. The summed E-state index contributed by atoms with van der Waals surface area (Å²) in [6.45, 7) is 4.08. The Hall–Kier alpha value is -1.60. The van der Waals surface area contributed by atoms with Crippen LogP contribution in [0.1, 0.15) is 24.1 Å². The zero-order valence-corrected chi connectivity index (χ0v) is 11.3. The Kier molecular flexibility index (Phi) is 3.83. The van der Waals surface area contributed by atoms with E-state index in [4.69, 9.17) is 5.26 Å². The second-order valence-corrected chi connectivity index (χ2v) is 5.12. The maximum Gasteiger partial charge on any atom is 0.129 e. The van der Waals surface area contributed by atoms with Crippen LogP contribution in [0.3, 0.4) is 0 Å². The number of anilines is 1. The first-order valence-electron chi connectivity index (χ1n) is 6.40. The van der Waals surface area contributed by atoms with E-state index in [1.807, 2.05) is 19.1 Å². The van der Waals surface area contributed by atoms with Crippen molar-refractivity contribution in [3.05, 3.63) is 23.4 Å². The summed E-state index contributed by atoms with van der Waals surface area (Å²) in [5, 5.41) is 8.99. The monoisotopic (exact) mass is 244 g/mol. The van der Waals surface area contributed by atoms with Gasteiger partial charge in [0.1, 0.15) is 5.82 Å². The molecule has 0 saturated carbocycles. The average Bonchev–Trinajstić information content (AvgIpc) is 2.74. The number of likely N-dealkylation sites (tertiary alicyclic amines) is 1. The maximum atomic E-state index is 8.99. The van der Waals surface area contributed by atoms with Gasteiger partial charge in [-0.2, -0.15) is 5.26 Å². The van der Waals surface area contributed by atoms with Gasteiger partial charge in [0.2, 0.25) is 0 Å². The molecule has 1 aromatic rings. The molecule has 2 heterocycles. The zero-order valence-electron chi connectivity index (χ0n) is 11.3. The van der Waals surface area contributed by atoms with Crippen molar-refractivity contribution in [3.63, 3.8) is 0 Å². The summed E-state index contributed by atoms with van der Waals surface area (Å²) < 4.78 is 0. The van der Waals surface area contributed by atoms with Gasteiger partial charge in [0, 0.05) is 25.3 Å². The van der Waals surface area contributed by atoms with Crippen LogP contribution in [0.5, 0.6) is 0 Å². The summed E-state index contributed by atoms with van der Waals surface area (Å²) in [5.41, 5.74) is 1.58. The molecule has 1 fully saturated rings. The topological polar surface area (TPSA) is 43.2 Å². The smallest absolute Gasteiger partial charge is 0.129 e. The second-order valence-electron chi connectivity index (χ2n) is 5.12. The van der Waals surface area contributed by atoms with Gasteiger partial charge in [-0.05, 0) is 45.5 Å². The van der Waals surface area contributed by atoms with Crippen molar-refractivity contribution in [3.8, 4) is 6.07 Å². The number of rotatable bonds is 3. The summed E-state index contributed by atoms with van der Waals surface area (Å²) in [5.74, 6) is 0.895. The van der Waals surface area contributed by atoms with E-state index in [0.29, 0.717) is 11.6 Å². The van der Waals surface area contributed by atoms with Crippen molar-refractivity contribution in [2.45, 2.75) is 25.8 Å². The highest BCUT2D eigenvalue weighted by Crippen LogP contribution is 2.19. The second kappa shape index (κ2) is 5.36. The van der Waals surface area contributed by atoms with Crippen molar-refractivity contribution in [2.75, 3.05) is 32.1 Å². The molecule has 1 aliphatic heterocycles. The van der Waals surface area contributed by atoms with Crippen LogP contribution in [0.25, 0.3) is 0 Å². The predicted molar refractivity (Wildman–Crippen MR) is 72.6 cm³/mol. The van der Waals surface area contributed by atoms with Gasteiger partial charge in [-0.3, -0.25) is 0 Å². The standard InChI is InChI=1S/C14H20N4/c1-11-7-12(9-15)8-14(16-11)18(3)10-13-5-4-6-17(13)2/h7-8,13H,4-6,10H2,1-3H3. The van der Waals surface area contributed by atoms with E-state index < -0.39 is 0 Å². The molecule has 0 amide bonds. The Bertz CT molecular complexity index is 463. The Balaban J connectivity index is 2.11. The van der Waals surface area contributed by atoms with Crippen LogP contribution >= 0.6 is 0 Å². The van der Waals surface area contributed by atoms with Crippen molar-refractivity contribution in [1.82, 2.24) is 9.88 Å². The van der Waals surface area contributed by atoms with Crippen LogP contribution in [0.2, 0.25) is 0 Å². The molecular weight excluding hydrogens is 224 g/mol. The number of aryl methyl sites for hydroxylation is 1. The van der Waals surface area contributed by atoms with E-state index in [1.54, 1.807) is 0 Å². The highest BCUT2D eigenvalue weighted by Gasteiger charge is 2.22. The molecule has 18 heavy (non-hydrogen) atoms. The largest absolute Gasteiger partial charge is 0.358 e. The Morgan fingerprint density at radius 2 is 2.33 bits per heavy atom. The van der Waals surface area contributed by atoms with E-state index >= 15 is 0 Å². The normalized spacial score (nSPS) is 19.8. The summed E-state index contributed by atoms with van der Waals surface area (Å²) in [7, 11) is 4.23. The highest BCUT2D eigenvalue weighted by molar-refractivity contribution is 5.46. The van der Waals surface area contributed by atoms with E-state index in [-0.39, 0.29) is 0 Å². The van der Waals surface area contributed by atoms with Gasteiger partial charge in [0.25, 0.3) is 0 Å². The summed E-state index contributed by atoms with van der Waals surface area (Å²) in [4.78, 5) is 9.06. The SMILES string of the molecule is Cc1cc(C#N)cc(N(C)CC2CCCN2C)n1. The lowest BCUT2D eigenvalue weighted by molar-refractivity contribution is 0.314. The number of nitriles is 1. The minimum Gasteiger partial charge on any atom is -0.358 e. The van der Waals surface area contributed by atoms with Crippen LogP contribution in [-0.2, 0) is 0 Å². The van der Waals surface area contributed by atoms with Crippen molar-refractivity contribution in [2.24, 2.45) is 0 Å². The van der Waals surface area contributed by atoms with Crippen LogP contribution in [-0.4, -0.2) is 43.1 Å². The minimum atomic E-state index is 0.600. The van der Waals surface area contributed by atoms with E-state index in [2.05, 4.69) is 34.9 Å². The molecule has 1 aliphatic rings. The molecule has 4 nitrogen and oxygen atoms in total.